The van der Waals surface area contributed by atoms with Gasteiger partial charge in [0.1, 0.15) is 11.8 Å². The van der Waals surface area contributed by atoms with Gasteiger partial charge in [0.2, 0.25) is 0 Å². The molecule has 1 saturated heterocycles. The molecule has 1 fully saturated rings. The second-order valence-electron chi connectivity index (χ2n) is 7.49. The van der Waals surface area contributed by atoms with Gasteiger partial charge in [-0.2, -0.15) is 10.2 Å². The summed E-state index contributed by atoms with van der Waals surface area (Å²) in [5, 5.41) is 8.72. The SMILES string of the molecule is Cc1ccc(NC(=O)N2OCC[C@H]2c2ccccc2)cc1-c1ccc2c(N)ncnn12. The van der Waals surface area contributed by atoms with Crippen molar-refractivity contribution < 1.29 is 9.63 Å². The highest BCUT2D eigenvalue weighted by atomic mass is 16.7. The number of anilines is 2. The molecule has 8 nitrogen and oxygen atoms in total. The van der Waals surface area contributed by atoms with Crippen molar-refractivity contribution in [3.63, 3.8) is 0 Å². The largest absolute Gasteiger partial charge is 0.382 e. The maximum atomic E-state index is 13.0. The van der Waals surface area contributed by atoms with E-state index >= 15 is 0 Å². The molecule has 1 aliphatic heterocycles. The van der Waals surface area contributed by atoms with Crippen LogP contribution in [-0.4, -0.2) is 32.3 Å². The maximum absolute atomic E-state index is 13.0. The van der Waals surface area contributed by atoms with Crippen LogP contribution in [0.1, 0.15) is 23.6 Å². The predicted molar refractivity (Wildman–Crippen MR) is 118 cm³/mol. The van der Waals surface area contributed by atoms with E-state index in [9.17, 15) is 4.79 Å². The van der Waals surface area contributed by atoms with Gasteiger partial charge < -0.3 is 11.1 Å². The first kappa shape index (κ1) is 19.1. The molecule has 3 N–H and O–H groups in total. The van der Waals surface area contributed by atoms with E-state index in [4.69, 9.17) is 10.6 Å². The quantitative estimate of drug-likeness (QED) is 0.524. The fourth-order valence-electron chi connectivity index (χ4n) is 3.96. The van der Waals surface area contributed by atoms with Crippen LogP contribution in [0, 0.1) is 6.92 Å². The molecule has 2 aromatic carbocycles. The summed E-state index contributed by atoms with van der Waals surface area (Å²) in [4.78, 5) is 22.7. The average Bonchev–Trinajstić information content (AvgIpc) is 3.44. The lowest BCUT2D eigenvalue weighted by Crippen LogP contribution is -2.33. The van der Waals surface area contributed by atoms with Crippen LogP contribution in [0.15, 0.2) is 67.0 Å². The molecule has 1 atom stereocenters. The molecular weight excluding hydrogens is 392 g/mol. The maximum Gasteiger partial charge on any atom is 0.346 e. The van der Waals surface area contributed by atoms with Crippen LogP contribution in [0.4, 0.5) is 16.3 Å². The van der Waals surface area contributed by atoms with E-state index in [1.165, 1.54) is 11.4 Å². The van der Waals surface area contributed by atoms with Gasteiger partial charge in [-0.1, -0.05) is 36.4 Å². The molecule has 1 aliphatic rings. The zero-order valence-electron chi connectivity index (χ0n) is 17.0. The Balaban J connectivity index is 1.43. The van der Waals surface area contributed by atoms with Gasteiger partial charge in [-0.05, 0) is 42.3 Å². The van der Waals surface area contributed by atoms with E-state index in [0.717, 1.165) is 34.3 Å². The van der Waals surface area contributed by atoms with Gasteiger partial charge in [0.15, 0.2) is 5.82 Å². The van der Waals surface area contributed by atoms with Gasteiger partial charge >= 0.3 is 6.03 Å². The minimum atomic E-state index is -0.298. The van der Waals surface area contributed by atoms with Crippen LogP contribution in [0.2, 0.25) is 0 Å². The summed E-state index contributed by atoms with van der Waals surface area (Å²) < 4.78 is 1.76. The molecule has 0 spiro atoms. The predicted octanol–water partition coefficient (Wildman–Crippen LogP) is 4.20. The fraction of sp³-hybridized carbons (Fsp3) is 0.174. The minimum Gasteiger partial charge on any atom is -0.382 e. The van der Waals surface area contributed by atoms with E-state index in [1.54, 1.807) is 4.52 Å². The Morgan fingerprint density at radius 3 is 2.84 bits per heavy atom. The van der Waals surface area contributed by atoms with Crippen LogP contribution in [0.5, 0.6) is 0 Å². The van der Waals surface area contributed by atoms with Crippen LogP contribution < -0.4 is 11.1 Å². The van der Waals surface area contributed by atoms with Gasteiger partial charge in [-0.15, -0.1) is 0 Å². The first-order valence-electron chi connectivity index (χ1n) is 10.1. The number of amides is 2. The molecule has 3 heterocycles. The molecule has 2 aromatic heterocycles. The number of nitrogens with zero attached hydrogens (tertiary/aromatic N) is 4. The third kappa shape index (κ3) is 3.47. The summed E-state index contributed by atoms with van der Waals surface area (Å²) in [5.74, 6) is 0.418. The normalized spacial score (nSPS) is 16.0. The Hall–Kier alpha value is -3.91. The molecule has 156 valence electrons. The highest BCUT2D eigenvalue weighted by molar-refractivity contribution is 5.90. The Kier molecular flexibility index (Phi) is 4.76. The van der Waals surface area contributed by atoms with Crippen molar-refractivity contribution in [3.05, 3.63) is 78.1 Å². The molecule has 0 bridgehead atoms. The lowest BCUT2D eigenvalue weighted by molar-refractivity contribution is -0.0829. The number of urea groups is 1. The summed E-state index contributed by atoms with van der Waals surface area (Å²) in [6.07, 6.45) is 2.19. The highest BCUT2D eigenvalue weighted by Crippen LogP contribution is 2.32. The van der Waals surface area contributed by atoms with Crippen molar-refractivity contribution in [2.24, 2.45) is 0 Å². The van der Waals surface area contributed by atoms with E-state index in [2.05, 4.69) is 15.4 Å². The van der Waals surface area contributed by atoms with E-state index in [-0.39, 0.29) is 12.1 Å². The number of hydrogen-bond acceptors (Lipinski definition) is 5. The molecule has 31 heavy (non-hydrogen) atoms. The fourth-order valence-corrected chi connectivity index (χ4v) is 3.96. The van der Waals surface area contributed by atoms with Crippen molar-refractivity contribution in [3.8, 4) is 11.3 Å². The average molecular weight is 414 g/mol. The molecular formula is C23H22N6O2. The number of aryl methyl sites for hydroxylation is 1. The number of hydroxylamine groups is 2. The topological polar surface area (TPSA) is 97.8 Å². The van der Waals surface area contributed by atoms with Gasteiger partial charge in [-0.3, -0.25) is 4.84 Å². The summed E-state index contributed by atoms with van der Waals surface area (Å²) >= 11 is 0. The van der Waals surface area contributed by atoms with Gasteiger partial charge in [0.25, 0.3) is 0 Å². The lowest BCUT2D eigenvalue weighted by atomic mass is 10.0. The summed E-state index contributed by atoms with van der Waals surface area (Å²) in [6.45, 7) is 2.52. The minimum absolute atomic E-state index is 0.111. The van der Waals surface area contributed by atoms with Crippen molar-refractivity contribution in [1.29, 1.82) is 0 Å². The number of carbonyl (C=O) groups is 1. The number of aromatic nitrogens is 3. The molecule has 0 aliphatic carbocycles. The zero-order chi connectivity index (χ0) is 21.4. The Morgan fingerprint density at radius 1 is 1.16 bits per heavy atom. The van der Waals surface area contributed by atoms with Gasteiger partial charge in [0, 0.05) is 17.7 Å². The standard InChI is InChI=1S/C23H22N6O2/c1-15-7-8-17(13-18(15)20-9-10-21-22(24)25-14-26-28(20)21)27-23(30)29-19(11-12-31-29)16-5-3-2-4-6-16/h2-10,13-14,19H,11-12H2,1H3,(H,27,30)(H2,24,25,26)/t19-/m0/s1. The number of hydrogen-bond donors (Lipinski definition) is 2. The summed E-state index contributed by atoms with van der Waals surface area (Å²) in [5.41, 5.74) is 11.3. The van der Waals surface area contributed by atoms with Gasteiger partial charge in [0.05, 0.1) is 18.3 Å². The van der Waals surface area contributed by atoms with Crippen molar-refractivity contribution >= 4 is 23.1 Å². The van der Waals surface area contributed by atoms with E-state index < -0.39 is 0 Å². The molecule has 8 heteroatoms. The molecule has 0 unspecified atom stereocenters. The number of nitrogen functional groups attached to an aromatic ring is 1. The second-order valence-corrected chi connectivity index (χ2v) is 7.49. The van der Waals surface area contributed by atoms with Crippen molar-refractivity contribution in [2.45, 2.75) is 19.4 Å². The highest BCUT2D eigenvalue weighted by Gasteiger charge is 2.31. The Bertz CT molecular complexity index is 1250. The number of carbonyl (C=O) groups excluding carboxylic acids is 1. The first-order valence-corrected chi connectivity index (χ1v) is 10.1. The smallest absolute Gasteiger partial charge is 0.346 e. The zero-order valence-corrected chi connectivity index (χ0v) is 17.0. The number of fused-ring (bicyclic) bond motifs is 1. The first-order chi connectivity index (χ1) is 15.1. The lowest BCUT2D eigenvalue weighted by Gasteiger charge is -2.23. The number of benzene rings is 2. The monoisotopic (exact) mass is 414 g/mol. The van der Waals surface area contributed by atoms with Crippen LogP contribution in [0.3, 0.4) is 0 Å². The molecule has 0 saturated carbocycles. The number of nitrogens with two attached hydrogens (primary N) is 1. The van der Waals surface area contributed by atoms with Crippen LogP contribution in [-0.2, 0) is 4.84 Å². The Morgan fingerprint density at radius 2 is 2.00 bits per heavy atom. The van der Waals surface area contributed by atoms with Crippen molar-refractivity contribution in [2.75, 3.05) is 17.7 Å². The van der Waals surface area contributed by atoms with E-state index in [1.807, 2.05) is 67.6 Å². The molecule has 2 amide bonds. The summed E-state index contributed by atoms with van der Waals surface area (Å²) in [7, 11) is 0. The van der Waals surface area contributed by atoms with Gasteiger partial charge in [-0.25, -0.2) is 14.3 Å². The molecule has 0 radical (unpaired) electrons. The molecule has 5 rings (SSSR count). The number of rotatable bonds is 3. The summed E-state index contributed by atoms with van der Waals surface area (Å²) in [6, 6.07) is 19.1. The number of nitrogens with one attached hydrogen (secondary N) is 1. The van der Waals surface area contributed by atoms with Crippen LogP contribution >= 0.6 is 0 Å². The van der Waals surface area contributed by atoms with Crippen LogP contribution in [0.25, 0.3) is 16.8 Å². The molecule has 4 aromatic rings. The van der Waals surface area contributed by atoms with E-state index in [0.29, 0.717) is 18.1 Å². The van der Waals surface area contributed by atoms with Crippen molar-refractivity contribution in [1.82, 2.24) is 19.7 Å². The Labute approximate surface area is 179 Å². The third-order valence-electron chi connectivity index (χ3n) is 5.54. The third-order valence-corrected chi connectivity index (χ3v) is 5.54. The second kappa shape index (κ2) is 7.73.